The fourth-order valence-electron chi connectivity index (χ4n) is 3.17. The quantitative estimate of drug-likeness (QED) is 0.690. The summed E-state index contributed by atoms with van der Waals surface area (Å²) in [6.45, 7) is 5.52. The largest absolute Gasteiger partial charge is 0.476 e. The van der Waals surface area contributed by atoms with Crippen LogP contribution in [0, 0.1) is 5.92 Å². The van der Waals surface area contributed by atoms with Crippen LogP contribution in [-0.4, -0.2) is 61.4 Å². The van der Waals surface area contributed by atoms with Gasteiger partial charge in [-0.25, -0.2) is 23.2 Å². The first kappa shape index (κ1) is 22.0. The smallest absolute Gasteiger partial charge is 0.410 e. The number of nitrogens with zero attached hydrogens (tertiary/aromatic N) is 3. The molecule has 1 fully saturated rings. The normalized spacial score (nSPS) is 15.3. The average molecular weight is 434 g/mol. The van der Waals surface area contributed by atoms with Gasteiger partial charge in [0.1, 0.15) is 0 Å². The number of ether oxygens (including phenoxy) is 2. The van der Waals surface area contributed by atoms with Gasteiger partial charge in [-0.2, -0.15) is 0 Å². The molecule has 1 aromatic carbocycles. The van der Waals surface area contributed by atoms with Gasteiger partial charge < -0.3 is 14.4 Å². The molecule has 0 saturated carbocycles. The summed E-state index contributed by atoms with van der Waals surface area (Å²) in [6.07, 6.45) is 5.68. The monoisotopic (exact) mass is 433 g/mol. The van der Waals surface area contributed by atoms with E-state index in [0.29, 0.717) is 37.2 Å². The van der Waals surface area contributed by atoms with E-state index in [0.717, 1.165) is 18.4 Å². The number of likely N-dealkylation sites (tertiary alicyclic amines) is 1. The Morgan fingerprint density at radius 1 is 1.13 bits per heavy atom. The summed E-state index contributed by atoms with van der Waals surface area (Å²) in [4.78, 5) is 22.6. The highest BCUT2D eigenvalue weighted by Crippen LogP contribution is 2.22. The van der Waals surface area contributed by atoms with E-state index in [1.165, 1.54) is 6.26 Å². The molecule has 2 aromatic rings. The molecule has 2 heterocycles. The molecule has 0 radical (unpaired) electrons. The van der Waals surface area contributed by atoms with Crippen LogP contribution in [0.1, 0.15) is 26.7 Å². The predicted octanol–water partition coefficient (Wildman–Crippen LogP) is 3.18. The molecule has 0 aliphatic carbocycles. The second-order valence-electron chi connectivity index (χ2n) is 7.71. The number of aromatic nitrogens is 2. The van der Waals surface area contributed by atoms with Crippen LogP contribution in [0.2, 0.25) is 0 Å². The number of hydrogen-bond donors (Lipinski definition) is 0. The van der Waals surface area contributed by atoms with Crippen LogP contribution in [0.25, 0.3) is 11.3 Å². The van der Waals surface area contributed by atoms with Crippen molar-refractivity contribution in [2.75, 3.05) is 26.0 Å². The Hall–Kier alpha value is -2.68. The first-order chi connectivity index (χ1) is 14.2. The lowest BCUT2D eigenvalue weighted by atomic mass is 9.98. The number of amides is 1. The first-order valence-corrected chi connectivity index (χ1v) is 11.8. The molecule has 1 aliphatic heterocycles. The third-order valence-corrected chi connectivity index (χ3v) is 6.01. The summed E-state index contributed by atoms with van der Waals surface area (Å²) in [5.74, 6) is 0.784. The van der Waals surface area contributed by atoms with Gasteiger partial charge in [0.15, 0.2) is 9.84 Å². The molecule has 3 rings (SSSR count). The minimum atomic E-state index is -3.23. The van der Waals surface area contributed by atoms with E-state index < -0.39 is 9.84 Å². The van der Waals surface area contributed by atoms with Crippen molar-refractivity contribution in [3.05, 3.63) is 36.7 Å². The molecule has 0 N–H and O–H groups in total. The summed E-state index contributed by atoms with van der Waals surface area (Å²) in [5.41, 5.74) is 1.42. The van der Waals surface area contributed by atoms with E-state index in [9.17, 15) is 13.2 Å². The van der Waals surface area contributed by atoms with Crippen LogP contribution in [0.3, 0.4) is 0 Å². The van der Waals surface area contributed by atoms with Gasteiger partial charge in [-0.05, 0) is 44.7 Å². The van der Waals surface area contributed by atoms with Crippen LogP contribution >= 0.6 is 0 Å². The second-order valence-corrected chi connectivity index (χ2v) is 9.73. The molecule has 1 amide bonds. The number of rotatable bonds is 6. The first-order valence-electron chi connectivity index (χ1n) is 9.93. The van der Waals surface area contributed by atoms with Gasteiger partial charge in [-0.3, -0.25) is 0 Å². The average Bonchev–Trinajstić information content (AvgIpc) is 2.72. The van der Waals surface area contributed by atoms with E-state index in [-0.39, 0.29) is 17.1 Å². The summed E-state index contributed by atoms with van der Waals surface area (Å²) in [6, 6.07) is 6.53. The fourth-order valence-corrected chi connectivity index (χ4v) is 3.80. The van der Waals surface area contributed by atoms with E-state index in [4.69, 9.17) is 9.47 Å². The van der Waals surface area contributed by atoms with E-state index in [2.05, 4.69) is 9.97 Å². The molecule has 1 saturated heterocycles. The number of sulfone groups is 1. The Balaban J connectivity index is 1.49. The van der Waals surface area contributed by atoms with Crippen molar-refractivity contribution < 1.29 is 22.7 Å². The standard InChI is InChI=1S/C21H27N3O5S/c1-15(2)29-21(25)24-10-8-16(9-11-24)14-28-20-13-22-19(12-23-20)17-4-6-18(7-5-17)30(3,26)27/h4-7,12-13,15-16H,8-11,14H2,1-3H3. The molecule has 0 bridgehead atoms. The maximum Gasteiger partial charge on any atom is 0.410 e. The summed E-state index contributed by atoms with van der Waals surface area (Å²) >= 11 is 0. The van der Waals surface area contributed by atoms with Gasteiger partial charge in [0.05, 0.1) is 35.7 Å². The zero-order valence-corrected chi connectivity index (χ0v) is 18.3. The number of carbonyl (C=O) groups excluding carboxylic acids is 1. The van der Waals surface area contributed by atoms with E-state index in [1.807, 2.05) is 13.8 Å². The lowest BCUT2D eigenvalue weighted by Gasteiger charge is -2.31. The van der Waals surface area contributed by atoms with Crippen molar-refractivity contribution in [3.8, 4) is 17.1 Å². The number of piperidine rings is 1. The molecule has 8 nitrogen and oxygen atoms in total. The van der Waals surface area contributed by atoms with Gasteiger partial charge in [-0.1, -0.05) is 12.1 Å². The molecule has 1 aliphatic rings. The zero-order valence-electron chi connectivity index (χ0n) is 17.4. The van der Waals surface area contributed by atoms with E-state index in [1.54, 1.807) is 41.6 Å². The third-order valence-electron chi connectivity index (χ3n) is 4.88. The minimum Gasteiger partial charge on any atom is -0.476 e. The van der Waals surface area contributed by atoms with Gasteiger partial charge in [0.2, 0.25) is 5.88 Å². The zero-order chi connectivity index (χ0) is 21.7. The lowest BCUT2D eigenvalue weighted by molar-refractivity contribution is 0.0606. The molecular weight excluding hydrogens is 406 g/mol. The molecular formula is C21H27N3O5S. The van der Waals surface area contributed by atoms with Crippen molar-refractivity contribution in [2.45, 2.75) is 37.7 Å². The Morgan fingerprint density at radius 3 is 2.33 bits per heavy atom. The highest BCUT2D eigenvalue weighted by Gasteiger charge is 2.24. The number of hydrogen-bond acceptors (Lipinski definition) is 7. The summed E-state index contributed by atoms with van der Waals surface area (Å²) in [7, 11) is -3.23. The maximum atomic E-state index is 11.9. The highest BCUT2D eigenvalue weighted by atomic mass is 32.2. The molecule has 0 spiro atoms. The lowest BCUT2D eigenvalue weighted by Crippen LogP contribution is -2.40. The van der Waals surface area contributed by atoms with Gasteiger partial charge in [0.25, 0.3) is 0 Å². The van der Waals surface area contributed by atoms with E-state index >= 15 is 0 Å². The molecule has 9 heteroatoms. The Labute approximate surface area is 177 Å². The van der Waals surface area contributed by atoms with Gasteiger partial charge in [-0.15, -0.1) is 0 Å². The Morgan fingerprint density at radius 2 is 1.80 bits per heavy atom. The van der Waals surface area contributed by atoms with Gasteiger partial charge >= 0.3 is 6.09 Å². The molecule has 0 atom stereocenters. The van der Waals surface area contributed by atoms with Crippen molar-refractivity contribution in [1.29, 1.82) is 0 Å². The fraction of sp³-hybridized carbons (Fsp3) is 0.476. The summed E-state index contributed by atoms with van der Waals surface area (Å²) in [5, 5.41) is 0. The van der Waals surface area contributed by atoms with Crippen molar-refractivity contribution in [3.63, 3.8) is 0 Å². The Bertz CT molecular complexity index is 951. The second kappa shape index (κ2) is 9.42. The number of benzene rings is 1. The maximum absolute atomic E-state index is 11.9. The van der Waals surface area contributed by atoms with Crippen LogP contribution in [0.15, 0.2) is 41.6 Å². The molecule has 1 aromatic heterocycles. The highest BCUT2D eigenvalue weighted by molar-refractivity contribution is 7.90. The van der Waals surface area contributed by atoms with Crippen molar-refractivity contribution in [2.24, 2.45) is 5.92 Å². The SMILES string of the molecule is CC(C)OC(=O)N1CCC(COc2cnc(-c3ccc(S(C)(=O)=O)cc3)cn2)CC1. The molecule has 0 unspecified atom stereocenters. The molecule has 162 valence electrons. The topological polar surface area (TPSA) is 98.7 Å². The Kier molecular flexibility index (Phi) is 6.91. The van der Waals surface area contributed by atoms with Crippen LogP contribution in [0.5, 0.6) is 5.88 Å². The van der Waals surface area contributed by atoms with Crippen LogP contribution in [0.4, 0.5) is 4.79 Å². The summed E-state index contributed by atoms with van der Waals surface area (Å²) < 4.78 is 34.1. The number of carbonyl (C=O) groups is 1. The molecule has 30 heavy (non-hydrogen) atoms. The van der Waals surface area contributed by atoms with Gasteiger partial charge in [0, 0.05) is 24.9 Å². The van der Waals surface area contributed by atoms with Crippen LogP contribution < -0.4 is 4.74 Å². The minimum absolute atomic E-state index is 0.113. The van der Waals surface area contributed by atoms with Crippen LogP contribution in [-0.2, 0) is 14.6 Å². The van der Waals surface area contributed by atoms with Crippen molar-refractivity contribution >= 4 is 15.9 Å². The third kappa shape index (κ3) is 5.91. The predicted molar refractivity (Wildman–Crippen MR) is 112 cm³/mol. The van der Waals surface area contributed by atoms with Crippen molar-refractivity contribution in [1.82, 2.24) is 14.9 Å².